The lowest BCUT2D eigenvalue weighted by Gasteiger charge is -2.31. The van der Waals surface area contributed by atoms with Gasteiger partial charge in [-0.25, -0.2) is 9.40 Å². The van der Waals surface area contributed by atoms with Crippen molar-refractivity contribution in [2.24, 2.45) is 5.10 Å². The SMILES string of the molecule is CC1=NN(C2CCC2)C(=O)C1F. The van der Waals surface area contributed by atoms with Gasteiger partial charge in [-0.3, -0.25) is 4.79 Å². The van der Waals surface area contributed by atoms with Gasteiger partial charge in [-0.05, 0) is 26.2 Å². The number of carbonyl (C=O) groups is 1. The zero-order valence-corrected chi connectivity index (χ0v) is 6.96. The summed E-state index contributed by atoms with van der Waals surface area (Å²) in [5.41, 5.74) is 0.298. The van der Waals surface area contributed by atoms with Gasteiger partial charge in [-0.2, -0.15) is 5.10 Å². The molecule has 0 saturated heterocycles. The Morgan fingerprint density at radius 1 is 1.58 bits per heavy atom. The van der Waals surface area contributed by atoms with Crippen LogP contribution < -0.4 is 0 Å². The Bertz CT molecular complexity index is 247. The van der Waals surface area contributed by atoms with Crippen molar-refractivity contribution in [1.82, 2.24) is 5.01 Å². The van der Waals surface area contributed by atoms with Gasteiger partial charge in [0.15, 0.2) is 0 Å². The highest BCUT2D eigenvalue weighted by Gasteiger charge is 2.39. The first-order chi connectivity index (χ1) is 5.70. The van der Waals surface area contributed by atoms with Gasteiger partial charge in [0, 0.05) is 0 Å². The standard InChI is InChI=1S/C8H11FN2O/c1-5-7(9)8(12)11(10-5)6-3-2-4-6/h6-7H,2-4H2,1H3. The summed E-state index contributed by atoms with van der Waals surface area (Å²) in [6.45, 7) is 1.56. The van der Waals surface area contributed by atoms with Crippen LogP contribution in [0.4, 0.5) is 4.39 Å². The number of halogens is 1. The Morgan fingerprint density at radius 3 is 2.58 bits per heavy atom. The number of hydrazone groups is 1. The molecule has 1 fully saturated rings. The first kappa shape index (κ1) is 7.71. The van der Waals surface area contributed by atoms with E-state index in [1.54, 1.807) is 6.92 Å². The van der Waals surface area contributed by atoms with Crippen LogP contribution in [0.2, 0.25) is 0 Å². The van der Waals surface area contributed by atoms with Crippen LogP contribution in [0, 0.1) is 0 Å². The normalized spacial score (nSPS) is 30.5. The molecular formula is C8H11FN2O. The van der Waals surface area contributed by atoms with Crippen molar-refractivity contribution in [2.45, 2.75) is 38.4 Å². The number of carbonyl (C=O) groups excluding carboxylic acids is 1. The van der Waals surface area contributed by atoms with E-state index in [0.717, 1.165) is 19.3 Å². The molecule has 0 N–H and O–H groups in total. The largest absolute Gasteiger partial charge is 0.283 e. The van der Waals surface area contributed by atoms with E-state index in [-0.39, 0.29) is 6.04 Å². The molecule has 0 spiro atoms. The lowest BCUT2D eigenvalue weighted by molar-refractivity contribution is -0.136. The summed E-state index contributed by atoms with van der Waals surface area (Å²) >= 11 is 0. The van der Waals surface area contributed by atoms with E-state index in [1.165, 1.54) is 5.01 Å². The van der Waals surface area contributed by atoms with Crippen molar-refractivity contribution in [3.8, 4) is 0 Å². The second-order valence-corrected chi connectivity index (χ2v) is 3.37. The molecule has 1 aliphatic carbocycles. The first-order valence-electron chi connectivity index (χ1n) is 4.22. The molecule has 0 bridgehead atoms. The second-order valence-electron chi connectivity index (χ2n) is 3.37. The number of alkyl halides is 1. The number of rotatable bonds is 1. The monoisotopic (exact) mass is 170 g/mol. The van der Waals surface area contributed by atoms with Crippen molar-refractivity contribution in [3.63, 3.8) is 0 Å². The number of nitrogens with zero attached hydrogens (tertiary/aromatic N) is 2. The quantitative estimate of drug-likeness (QED) is 0.580. The van der Waals surface area contributed by atoms with Crippen LogP contribution in [0.15, 0.2) is 5.10 Å². The number of amides is 1. The molecule has 4 heteroatoms. The van der Waals surface area contributed by atoms with E-state index >= 15 is 0 Å². The molecule has 1 aliphatic heterocycles. The Labute approximate surface area is 70.2 Å². The first-order valence-corrected chi connectivity index (χ1v) is 4.22. The molecule has 1 atom stereocenters. The number of hydrogen-bond acceptors (Lipinski definition) is 2. The summed E-state index contributed by atoms with van der Waals surface area (Å²) < 4.78 is 13.0. The van der Waals surface area contributed by atoms with Crippen molar-refractivity contribution >= 4 is 11.6 Å². The molecule has 12 heavy (non-hydrogen) atoms. The molecule has 1 heterocycles. The Balaban J connectivity index is 2.12. The maximum Gasteiger partial charge on any atom is 0.283 e. The predicted molar refractivity (Wildman–Crippen MR) is 42.5 cm³/mol. The zero-order chi connectivity index (χ0) is 8.72. The van der Waals surface area contributed by atoms with Crippen molar-refractivity contribution in [3.05, 3.63) is 0 Å². The summed E-state index contributed by atoms with van der Waals surface area (Å²) in [6.07, 6.45) is 1.58. The zero-order valence-electron chi connectivity index (χ0n) is 6.96. The van der Waals surface area contributed by atoms with Gasteiger partial charge in [0.2, 0.25) is 6.17 Å². The third kappa shape index (κ3) is 0.940. The van der Waals surface area contributed by atoms with Gasteiger partial charge in [-0.1, -0.05) is 0 Å². The molecule has 1 saturated carbocycles. The lowest BCUT2D eigenvalue weighted by atomic mass is 9.92. The summed E-state index contributed by atoms with van der Waals surface area (Å²) in [6, 6.07) is 0.174. The van der Waals surface area contributed by atoms with Gasteiger partial charge in [0.25, 0.3) is 5.91 Å². The van der Waals surface area contributed by atoms with Gasteiger partial charge in [-0.15, -0.1) is 0 Å². The van der Waals surface area contributed by atoms with Gasteiger partial charge in [0.05, 0.1) is 11.8 Å². The highest BCUT2D eigenvalue weighted by molar-refractivity contribution is 6.09. The molecule has 0 aromatic rings. The fraction of sp³-hybridized carbons (Fsp3) is 0.750. The molecule has 1 amide bonds. The smallest absolute Gasteiger partial charge is 0.269 e. The van der Waals surface area contributed by atoms with E-state index < -0.39 is 12.1 Å². The topological polar surface area (TPSA) is 32.7 Å². The fourth-order valence-corrected chi connectivity index (χ4v) is 1.46. The Kier molecular flexibility index (Phi) is 1.63. The highest BCUT2D eigenvalue weighted by Crippen LogP contribution is 2.28. The predicted octanol–water partition coefficient (Wildman–Crippen LogP) is 1.10. The Hall–Kier alpha value is -0.930. The van der Waals surface area contributed by atoms with E-state index in [2.05, 4.69) is 5.10 Å². The molecule has 66 valence electrons. The maximum atomic E-state index is 13.0. The fourth-order valence-electron chi connectivity index (χ4n) is 1.46. The summed E-state index contributed by atoms with van der Waals surface area (Å²) in [7, 11) is 0. The average molecular weight is 170 g/mol. The lowest BCUT2D eigenvalue weighted by Crippen LogP contribution is -2.40. The summed E-state index contributed by atoms with van der Waals surface area (Å²) in [5, 5.41) is 5.22. The van der Waals surface area contributed by atoms with Crippen LogP contribution in [0.1, 0.15) is 26.2 Å². The van der Waals surface area contributed by atoms with Crippen LogP contribution in [0.5, 0.6) is 0 Å². The van der Waals surface area contributed by atoms with Crippen molar-refractivity contribution in [1.29, 1.82) is 0 Å². The van der Waals surface area contributed by atoms with E-state index in [4.69, 9.17) is 0 Å². The minimum Gasteiger partial charge on any atom is -0.269 e. The molecule has 1 unspecified atom stereocenters. The Morgan fingerprint density at radius 2 is 2.25 bits per heavy atom. The molecular weight excluding hydrogens is 159 g/mol. The third-order valence-corrected chi connectivity index (χ3v) is 2.50. The van der Waals surface area contributed by atoms with E-state index in [0.29, 0.717) is 5.71 Å². The minimum atomic E-state index is -1.48. The van der Waals surface area contributed by atoms with Crippen LogP contribution in [-0.4, -0.2) is 28.8 Å². The molecule has 2 rings (SSSR count). The van der Waals surface area contributed by atoms with Crippen LogP contribution in [-0.2, 0) is 4.79 Å². The third-order valence-electron chi connectivity index (χ3n) is 2.50. The van der Waals surface area contributed by atoms with E-state index in [1.807, 2.05) is 0 Å². The van der Waals surface area contributed by atoms with Gasteiger partial charge < -0.3 is 0 Å². The molecule has 2 aliphatic rings. The molecule has 0 radical (unpaired) electrons. The molecule has 0 aromatic heterocycles. The van der Waals surface area contributed by atoms with E-state index in [9.17, 15) is 9.18 Å². The highest BCUT2D eigenvalue weighted by atomic mass is 19.1. The van der Waals surface area contributed by atoms with Crippen molar-refractivity contribution in [2.75, 3.05) is 0 Å². The maximum absolute atomic E-state index is 13.0. The summed E-state index contributed by atoms with van der Waals surface area (Å²) in [5.74, 6) is -0.475. The summed E-state index contributed by atoms with van der Waals surface area (Å²) in [4.78, 5) is 11.2. The van der Waals surface area contributed by atoms with Crippen LogP contribution in [0.3, 0.4) is 0 Å². The van der Waals surface area contributed by atoms with Crippen LogP contribution in [0.25, 0.3) is 0 Å². The van der Waals surface area contributed by atoms with Gasteiger partial charge >= 0.3 is 0 Å². The molecule has 0 aromatic carbocycles. The van der Waals surface area contributed by atoms with Crippen LogP contribution >= 0.6 is 0 Å². The molecule has 3 nitrogen and oxygen atoms in total. The minimum absolute atomic E-state index is 0.174. The van der Waals surface area contributed by atoms with Gasteiger partial charge in [0.1, 0.15) is 0 Å². The second kappa shape index (κ2) is 2.54. The average Bonchev–Trinajstić information content (AvgIpc) is 2.15. The van der Waals surface area contributed by atoms with Crippen molar-refractivity contribution < 1.29 is 9.18 Å². The number of hydrogen-bond donors (Lipinski definition) is 0.